The van der Waals surface area contributed by atoms with Gasteiger partial charge in [-0.3, -0.25) is 9.59 Å². The average molecular weight is 371 g/mol. The van der Waals surface area contributed by atoms with Crippen LogP contribution in [0.4, 0.5) is 5.69 Å². The van der Waals surface area contributed by atoms with Crippen LogP contribution in [0.15, 0.2) is 48.5 Å². The van der Waals surface area contributed by atoms with E-state index in [0.29, 0.717) is 30.2 Å². The maximum Gasteiger partial charge on any atom is 0.228 e. The number of hydrogen-bond acceptors (Lipinski definition) is 2. The first-order chi connectivity index (χ1) is 12.5. The number of halogens is 1. The highest BCUT2D eigenvalue weighted by Gasteiger charge is 2.49. The minimum atomic E-state index is -0.259. The molecule has 0 heterocycles. The maximum atomic E-state index is 12.8. The molecular weight excluding hydrogens is 348 g/mol. The van der Waals surface area contributed by atoms with Gasteiger partial charge in [-0.25, -0.2) is 0 Å². The lowest BCUT2D eigenvalue weighted by atomic mass is 10.1. The summed E-state index contributed by atoms with van der Waals surface area (Å²) in [4.78, 5) is 27.1. The molecule has 1 saturated carbocycles. The number of nitrogens with zero attached hydrogens (tertiary/aromatic N) is 1. The number of amides is 2. The highest BCUT2D eigenvalue weighted by Crippen LogP contribution is 2.41. The van der Waals surface area contributed by atoms with Gasteiger partial charge in [-0.15, -0.1) is 0 Å². The summed E-state index contributed by atoms with van der Waals surface area (Å²) < 4.78 is 0. The molecule has 5 heteroatoms. The summed E-state index contributed by atoms with van der Waals surface area (Å²) in [6, 6.07) is 15.3. The van der Waals surface area contributed by atoms with Gasteiger partial charge in [-0.1, -0.05) is 48.0 Å². The zero-order chi connectivity index (χ0) is 18.7. The van der Waals surface area contributed by atoms with E-state index >= 15 is 0 Å². The van der Waals surface area contributed by atoms with Crippen molar-refractivity contribution in [3.05, 3.63) is 64.7 Å². The topological polar surface area (TPSA) is 49.4 Å². The Morgan fingerprint density at radius 2 is 1.88 bits per heavy atom. The van der Waals surface area contributed by atoms with Crippen molar-refractivity contribution in [1.82, 2.24) is 4.90 Å². The quantitative estimate of drug-likeness (QED) is 0.825. The van der Waals surface area contributed by atoms with Crippen molar-refractivity contribution >= 4 is 29.1 Å². The van der Waals surface area contributed by atoms with Crippen LogP contribution in [-0.4, -0.2) is 23.3 Å². The zero-order valence-corrected chi connectivity index (χ0v) is 15.8. The van der Waals surface area contributed by atoms with E-state index in [4.69, 9.17) is 11.6 Å². The maximum absolute atomic E-state index is 12.8. The van der Waals surface area contributed by atoms with E-state index in [9.17, 15) is 9.59 Å². The van der Waals surface area contributed by atoms with Crippen LogP contribution in [0.1, 0.15) is 24.5 Å². The van der Waals surface area contributed by atoms with Crippen LogP contribution < -0.4 is 5.32 Å². The van der Waals surface area contributed by atoms with Gasteiger partial charge in [0.25, 0.3) is 0 Å². The van der Waals surface area contributed by atoms with Crippen molar-refractivity contribution < 1.29 is 9.59 Å². The number of hydrogen-bond donors (Lipinski definition) is 1. The molecule has 0 aliphatic heterocycles. The highest BCUT2D eigenvalue weighted by atomic mass is 35.5. The molecule has 1 aliphatic carbocycles. The fourth-order valence-corrected chi connectivity index (χ4v) is 3.27. The van der Waals surface area contributed by atoms with Crippen LogP contribution in [-0.2, 0) is 16.1 Å². The Bertz CT molecular complexity index is 807. The minimum Gasteiger partial charge on any atom is -0.338 e. The third-order valence-corrected chi connectivity index (χ3v) is 5.05. The Hall–Kier alpha value is -2.33. The number of aryl methyl sites for hydroxylation is 1. The van der Waals surface area contributed by atoms with Crippen LogP contribution in [0.3, 0.4) is 0 Å². The summed E-state index contributed by atoms with van der Waals surface area (Å²) in [6.45, 7) is 5.09. The Kier molecular flexibility index (Phi) is 5.62. The van der Waals surface area contributed by atoms with Gasteiger partial charge in [-0.2, -0.15) is 0 Å². The predicted molar refractivity (Wildman–Crippen MR) is 104 cm³/mol. The van der Waals surface area contributed by atoms with E-state index < -0.39 is 0 Å². The van der Waals surface area contributed by atoms with Gasteiger partial charge in [0.05, 0.1) is 11.8 Å². The third-order valence-electron chi connectivity index (χ3n) is 4.81. The number of benzene rings is 2. The first-order valence-corrected chi connectivity index (χ1v) is 9.27. The van der Waals surface area contributed by atoms with Crippen molar-refractivity contribution in [2.45, 2.75) is 26.8 Å². The van der Waals surface area contributed by atoms with Crippen LogP contribution in [0, 0.1) is 18.8 Å². The Morgan fingerprint density at radius 1 is 1.15 bits per heavy atom. The van der Waals surface area contributed by atoms with E-state index in [0.717, 1.165) is 11.1 Å². The second kappa shape index (κ2) is 7.92. The van der Waals surface area contributed by atoms with Gasteiger partial charge in [0.1, 0.15) is 0 Å². The molecule has 2 amide bonds. The summed E-state index contributed by atoms with van der Waals surface area (Å²) in [5, 5.41) is 3.49. The van der Waals surface area contributed by atoms with Crippen molar-refractivity contribution in [1.29, 1.82) is 0 Å². The van der Waals surface area contributed by atoms with E-state index in [1.807, 2.05) is 55.1 Å². The number of rotatable bonds is 6. The third kappa shape index (κ3) is 4.25. The van der Waals surface area contributed by atoms with Crippen LogP contribution in [0.25, 0.3) is 0 Å². The first-order valence-electron chi connectivity index (χ1n) is 8.89. The lowest BCUT2D eigenvalue weighted by Crippen LogP contribution is -2.33. The molecule has 0 bridgehead atoms. The zero-order valence-electron chi connectivity index (χ0n) is 15.0. The van der Waals surface area contributed by atoms with Crippen LogP contribution >= 0.6 is 11.6 Å². The lowest BCUT2D eigenvalue weighted by Gasteiger charge is -2.21. The normalized spacial score (nSPS) is 18.3. The van der Waals surface area contributed by atoms with Gasteiger partial charge in [0, 0.05) is 23.8 Å². The van der Waals surface area contributed by atoms with E-state index in [2.05, 4.69) is 5.32 Å². The van der Waals surface area contributed by atoms with Gasteiger partial charge in [-0.05, 0) is 43.5 Å². The van der Waals surface area contributed by atoms with Gasteiger partial charge >= 0.3 is 0 Å². The smallest absolute Gasteiger partial charge is 0.228 e. The Morgan fingerprint density at radius 3 is 2.58 bits per heavy atom. The van der Waals surface area contributed by atoms with Crippen molar-refractivity contribution in [3.8, 4) is 0 Å². The number of carbonyl (C=O) groups is 2. The Balaban J connectivity index is 1.60. The molecule has 2 aromatic rings. The number of nitrogens with one attached hydrogen (secondary N) is 1. The van der Waals surface area contributed by atoms with Crippen LogP contribution in [0.2, 0.25) is 5.02 Å². The van der Waals surface area contributed by atoms with Gasteiger partial charge in [0.15, 0.2) is 0 Å². The lowest BCUT2D eigenvalue weighted by molar-refractivity contribution is -0.134. The largest absolute Gasteiger partial charge is 0.338 e. The second-order valence-electron chi connectivity index (χ2n) is 6.74. The van der Waals surface area contributed by atoms with Gasteiger partial charge in [0.2, 0.25) is 11.8 Å². The monoisotopic (exact) mass is 370 g/mol. The highest BCUT2D eigenvalue weighted by molar-refractivity contribution is 6.31. The molecule has 1 N–H and O–H groups in total. The van der Waals surface area contributed by atoms with Crippen molar-refractivity contribution in [3.63, 3.8) is 0 Å². The summed E-state index contributed by atoms with van der Waals surface area (Å²) in [5.41, 5.74) is 2.75. The predicted octanol–water partition coefficient (Wildman–Crippen LogP) is 4.27. The standard InChI is InChI=1S/C21H23ClN2O2/c1-3-24(13-15-7-5-4-6-8-15)21(26)18-12-17(18)20(25)23-19-11-16(22)10-9-14(19)2/h4-11,17-18H,3,12-13H2,1-2H3,(H,23,25). The molecule has 1 aliphatic rings. The summed E-state index contributed by atoms with van der Waals surface area (Å²) >= 11 is 6.00. The summed E-state index contributed by atoms with van der Waals surface area (Å²) in [6.07, 6.45) is 0.607. The molecule has 0 saturated heterocycles. The fraction of sp³-hybridized carbons (Fsp3) is 0.333. The molecule has 136 valence electrons. The molecule has 2 unspecified atom stereocenters. The number of carbonyl (C=O) groups excluding carboxylic acids is 2. The molecule has 3 rings (SSSR count). The van der Waals surface area contributed by atoms with Crippen molar-refractivity contribution in [2.24, 2.45) is 11.8 Å². The summed E-state index contributed by atoms with van der Waals surface area (Å²) in [5.74, 6) is -0.535. The van der Waals surface area contributed by atoms with Gasteiger partial charge < -0.3 is 10.2 Å². The molecule has 2 aromatic carbocycles. The molecule has 4 nitrogen and oxygen atoms in total. The summed E-state index contributed by atoms with van der Waals surface area (Å²) in [7, 11) is 0. The molecule has 0 spiro atoms. The van der Waals surface area contributed by atoms with E-state index in [1.165, 1.54) is 0 Å². The molecular formula is C21H23ClN2O2. The first kappa shape index (κ1) is 18.5. The molecule has 0 radical (unpaired) electrons. The molecule has 2 atom stereocenters. The Labute approximate surface area is 159 Å². The van der Waals surface area contributed by atoms with Crippen molar-refractivity contribution in [2.75, 3.05) is 11.9 Å². The number of anilines is 1. The van der Waals surface area contributed by atoms with Crippen LogP contribution in [0.5, 0.6) is 0 Å². The second-order valence-corrected chi connectivity index (χ2v) is 7.17. The molecule has 0 aromatic heterocycles. The fourth-order valence-electron chi connectivity index (χ4n) is 3.10. The van der Waals surface area contributed by atoms with E-state index in [-0.39, 0.29) is 23.7 Å². The molecule has 26 heavy (non-hydrogen) atoms. The van der Waals surface area contributed by atoms with E-state index in [1.54, 1.807) is 12.1 Å². The average Bonchev–Trinajstić information content (AvgIpc) is 3.44. The molecule has 1 fully saturated rings. The minimum absolute atomic E-state index is 0.0549. The SMILES string of the molecule is CCN(Cc1ccccc1)C(=O)C1CC1C(=O)Nc1cc(Cl)ccc1C.